The van der Waals surface area contributed by atoms with Gasteiger partial charge in [-0.2, -0.15) is 0 Å². The lowest BCUT2D eigenvalue weighted by Gasteiger charge is -2.28. The Morgan fingerprint density at radius 2 is 0.745 bits per heavy atom. The van der Waals surface area contributed by atoms with E-state index in [-0.39, 0.29) is 5.41 Å². The highest BCUT2D eigenvalue weighted by Gasteiger charge is 2.37. The Balaban J connectivity index is 1.03. The third-order valence-corrected chi connectivity index (χ3v) is 12.2. The van der Waals surface area contributed by atoms with Crippen LogP contribution in [0.5, 0.6) is 0 Å². The number of thiophene rings is 2. The van der Waals surface area contributed by atoms with E-state index in [1.54, 1.807) is 22.7 Å². The average Bonchev–Trinajstić information content (AvgIpc) is 4.01. The summed E-state index contributed by atoms with van der Waals surface area (Å²) in [7, 11) is 0. The van der Waals surface area contributed by atoms with Crippen LogP contribution in [0.25, 0.3) is 35.4 Å². The number of hydrogen-bond donors (Lipinski definition) is 0. The van der Waals surface area contributed by atoms with Crippen LogP contribution in [0.3, 0.4) is 0 Å². The molecule has 6 aromatic carbocycles. The molecule has 2 nitrogen and oxygen atoms in total. The largest absolute Gasteiger partial charge is 0.302 e. The molecule has 9 rings (SSSR count). The second-order valence-corrected chi connectivity index (χ2v) is 16.2. The minimum atomic E-state index is -0.197. The van der Waals surface area contributed by atoms with Gasteiger partial charge in [0.05, 0.1) is 10.0 Å². The van der Waals surface area contributed by atoms with Crippen LogP contribution in [0.4, 0.5) is 32.8 Å². The summed E-state index contributed by atoms with van der Waals surface area (Å²) in [4.78, 5) is 4.77. The summed E-state index contributed by atoms with van der Waals surface area (Å²) >= 11 is 3.52. The van der Waals surface area contributed by atoms with Crippen molar-refractivity contribution in [2.75, 3.05) is 9.80 Å². The molecule has 4 heteroatoms. The van der Waals surface area contributed by atoms with Crippen LogP contribution in [-0.4, -0.2) is 0 Å². The normalized spacial score (nSPS) is 12.9. The van der Waals surface area contributed by atoms with E-state index in [2.05, 4.69) is 216 Å². The zero-order chi connectivity index (χ0) is 37.2. The summed E-state index contributed by atoms with van der Waals surface area (Å²) in [6.45, 7) is 4.75. The molecule has 0 spiro atoms. The lowest BCUT2D eigenvalue weighted by molar-refractivity contribution is 0.660. The summed E-state index contributed by atoms with van der Waals surface area (Å²) in [5, 5.41) is 6.69. The summed E-state index contributed by atoms with van der Waals surface area (Å²) in [5.41, 5.74) is 14.5. The Kier molecular flexibility index (Phi) is 9.37. The van der Waals surface area contributed by atoms with Crippen molar-refractivity contribution in [1.29, 1.82) is 0 Å². The summed E-state index contributed by atoms with van der Waals surface area (Å²) < 4.78 is 0. The summed E-state index contributed by atoms with van der Waals surface area (Å²) in [6, 6.07) is 61.4. The molecule has 0 saturated carbocycles. The van der Waals surface area contributed by atoms with E-state index in [0.29, 0.717) is 0 Å². The second kappa shape index (κ2) is 14.9. The average molecular weight is 745 g/mol. The van der Waals surface area contributed by atoms with E-state index < -0.39 is 0 Å². The van der Waals surface area contributed by atoms with Crippen molar-refractivity contribution < 1.29 is 0 Å². The van der Waals surface area contributed by atoms with Gasteiger partial charge in [-0.15, -0.1) is 22.7 Å². The van der Waals surface area contributed by atoms with Crippen LogP contribution in [0.1, 0.15) is 47.2 Å². The van der Waals surface area contributed by atoms with E-state index in [4.69, 9.17) is 0 Å². The van der Waals surface area contributed by atoms with Gasteiger partial charge in [0.25, 0.3) is 0 Å². The molecule has 0 saturated heterocycles. The minimum absolute atomic E-state index is 0.197. The third kappa shape index (κ3) is 6.99. The maximum atomic E-state index is 2.41. The first-order valence-corrected chi connectivity index (χ1v) is 20.4. The Bertz CT molecular complexity index is 2400. The lowest BCUT2D eigenvalue weighted by Crippen LogP contribution is -2.17. The maximum absolute atomic E-state index is 2.41. The molecule has 8 aromatic rings. The highest BCUT2D eigenvalue weighted by atomic mass is 32.1. The van der Waals surface area contributed by atoms with E-state index in [1.807, 2.05) is 12.1 Å². The molecule has 0 radical (unpaired) electrons. The lowest BCUT2D eigenvalue weighted by atomic mass is 9.82. The van der Waals surface area contributed by atoms with Crippen molar-refractivity contribution in [1.82, 2.24) is 0 Å². The van der Waals surface area contributed by atoms with Gasteiger partial charge >= 0.3 is 0 Å². The number of anilines is 6. The molecule has 0 atom stereocenters. The van der Waals surface area contributed by atoms with Gasteiger partial charge in [0.15, 0.2) is 0 Å². The molecular formula is C51H40N2S2. The van der Waals surface area contributed by atoms with Gasteiger partial charge in [-0.1, -0.05) is 135 Å². The first-order chi connectivity index (χ1) is 27.0. The second-order valence-electron chi connectivity index (χ2n) is 14.3. The highest BCUT2D eigenvalue weighted by molar-refractivity contribution is 7.14. The summed E-state index contributed by atoms with van der Waals surface area (Å²) in [5.74, 6) is 0. The molecule has 266 valence electrons. The summed E-state index contributed by atoms with van der Waals surface area (Å²) in [6.07, 6.45) is 8.69. The fourth-order valence-corrected chi connectivity index (χ4v) is 9.12. The molecule has 0 aliphatic heterocycles. The maximum Gasteiger partial charge on any atom is 0.0999 e. The van der Waals surface area contributed by atoms with Crippen molar-refractivity contribution in [3.05, 3.63) is 214 Å². The van der Waals surface area contributed by atoms with Crippen LogP contribution >= 0.6 is 22.7 Å². The van der Waals surface area contributed by atoms with Crippen LogP contribution < -0.4 is 9.80 Å². The predicted molar refractivity (Wildman–Crippen MR) is 240 cm³/mol. The highest BCUT2D eigenvalue weighted by Crippen LogP contribution is 2.53. The molecule has 0 amide bonds. The quantitative estimate of drug-likeness (QED) is 0.129. The SMILES string of the molecule is CC1(C)c2cc(N(c3ccc(/C=C/c4ccccc4)cc3)c3cccs3)ccc2-c2ccc(N(c3ccc(/C=C/c4ccccc4)cc3)c3cccs3)cc21. The molecule has 1 aliphatic rings. The minimum Gasteiger partial charge on any atom is -0.302 e. The van der Waals surface area contributed by atoms with Crippen LogP contribution in [0.15, 0.2) is 181 Å². The number of fused-ring (bicyclic) bond motifs is 3. The van der Waals surface area contributed by atoms with Gasteiger partial charge in [-0.05, 0) is 128 Å². The van der Waals surface area contributed by atoms with E-state index >= 15 is 0 Å². The molecule has 0 bridgehead atoms. The van der Waals surface area contributed by atoms with Gasteiger partial charge in [-0.25, -0.2) is 0 Å². The van der Waals surface area contributed by atoms with Crippen LogP contribution in [-0.2, 0) is 5.41 Å². The fourth-order valence-electron chi connectivity index (χ4n) is 7.58. The zero-order valence-corrected chi connectivity index (χ0v) is 32.5. The Hall–Kier alpha value is -6.20. The van der Waals surface area contributed by atoms with Crippen molar-refractivity contribution >= 4 is 79.7 Å². The first-order valence-electron chi connectivity index (χ1n) is 18.6. The van der Waals surface area contributed by atoms with Gasteiger partial charge in [-0.3, -0.25) is 0 Å². The number of rotatable bonds is 10. The third-order valence-electron chi connectivity index (χ3n) is 10.5. The standard InChI is InChI=1S/C51H40N2S2/c1-51(2)47-35-43(52(49-15-9-33-54-49)41-25-21-39(22-26-41)19-17-37-11-5-3-6-12-37)29-31-45(47)46-32-30-44(36-48(46)51)53(50-16-10-34-55-50)42-27-23-40(24-28-42)20-18-38-13-7-4-8-14-38/h3-36H,1-2H3/b19-17+,20-18+. The smallest absolute Gasteiger partial charge is 0.0999 e. The number of benzene rings is 6. The molecule has 2 aromatic heterocycles. The van der Waals surface area contributed by atoms with Crippen molar-refractivity contribution in [3.63, 3.8) is 0 Å². The van der Waals surface area contributed by atoms with E-state index in [1.165, 1.54) is 54.5 Å². The van der Waals surface area contributed by atoms with E-state index in [0.717, 1.165) is 22.7 Å². The molecule has 55 heavy (non-hydrogen) atoms. The molecule has 0 fully saturated rings. The number of nitrogens with zero attached hydrogens (tertiary/aromatic N) is 2. The Morgan fingerprint density at radius 1 is 0.382 bits per heavy atom. The predicted octanol–water partition coefficient (Wildman–Crippen LogP) is 15.4. The van der Waals surface area contributed by atoms with Gasteiger partial charge in [0.2, 0.25) is 0 Å². The van der Waals surface area contributed by atoms with Crippen LogP contribution in [0, 0.1) is 0 Å². The molecule has 2 heterocycles. The van der Waals surface area contributed by atoms with Crippen molar-refractivity contribution in [2.45, 2.75) is 19.3 Å². The van der Waals surface area contributed by atoms with Gasteiger partial charge in [0, 0.05) is 28.2 Å². The van der Waals surface area contributed by atoms with Gasteiger partial charge in [0.1, 0.15) is 0 Å². The van der Waals surface area contributed by atoms with Crippen LogP contribution in [0.2, 0.25) is 0 Å². The monoisotopic (exact) mass is 744 g/mol. The van der Waals surface area contributed by atoms with Gasteiger partial charge < -0.3 is 9.80 Å². The van der Waals surface area contributed by atoms with Crippen molar-refractivity contribution in [2.24, 2.45) is 0 Å². The van der Waals surface area contributed by atoms with Crippen molar-refractivity contribution in [3.8, 4) is 11.1 Å². The van der Waals surface area contributed by atoms with E-state index in [9.17, 15) is 0 Å². The zero-order valence-electron chi connectivity index (χ0n) is 30.8. The topological polar surface area (TPSA) is 6.48 Å². The Labute approximate surface area is 332 Å². The molecule has 1 aliphatic carbocycles. The molecule has 0 unspecified atom stereocenters. The molecular weight excluding hydrogens is 705 g/mol. The fraction of sp³-hybridized carbons (Fsp3) is 0.0588. The molecule has 0 N–H and O–H groups in total. The Morgan fingerprint density at radius 3 is 1.11 bits per heavy atom. The number of hydrogen-bond acceptors (Lipinski definition) is 4. The first kappa shape index (κ1) is 34.6.